The Hall–Kier alpha value is -1.44. The van der Waals surface area contributed by atoms with Gasteiger partial charge in [-0.2, -0.15) is 25.4 Å². The number of carbonyl (C=O) groups is 2. The van der Waals surface area contributed by atoms with Crippen molar-refractivity contribution in [3.63, 3.8) is 0 Å². The number of H-pyrrole nitrogens is 1. The molecular formula is C34H54N7O16P3S5. The van der Waals surface area contributed by atoms with Crippen molar-refractivity contribution in [1.82, 2.24) is 30.5 Å². The number of thioether (sulfide) groups is 1. The molecule has 3 aliphatic heterocycles. The van der Waals surface area contributed by atoms with Gasteiger partial charge in [0.05, 0.1) is 35.7 Å². The number of phosphoric acid groups is 3. The molecule has 0 saturated carbocycles. The summed E-state index contributed by atoms with van der Waals surface area (Å²) in [6.45, 7) is 9.75. The number of anilines is 1. The minimum atomic E-state index is -5.76. The number of aromatic nitrogens is 3. The zero-order chi connectivity index (χ0) is 47.8. The lowest BCUT2D eigenvalue weighted by Crippen LogP contribution is -2.37. The molecule has 366 valence electrons. The molecule has 0 bridgehead atoms. The maximum atomic E-state index is 13.2. The number of rotatable bonds is 24. The first kappa shape index (κ1) is 54.5. The van der Waals surface area contributed by atoms with E-state index in [4.69, 9.17) is 34.3 Å². The van der Waals surface area contributed by atoms with Gasteiger partial charge in [-0.25, -0.2) is 18.5 Å². The molecule has 8 atom stereocenters. The first-order valence-corrected chi connectivity index (χ1v) is 30.1. The van der Waals surface area contributed by atoms with Crippen LogP contribution in [0.1, 0.15) is 78.5 Å². The Morgan fingerprint density at radius 3 is 2.52 bits per heavy atom. The van der Waals surface area contributed by atoms with Crippen LogP contribution in [0.3, 0.4) is 0 Å². The molecule has 5 unspecified atom stereocenters. The summed E-state index contributed by atoms with van der Waals surface area (Å²) in [5.74, 6) is 6.96. The predicted molar refractivity (Wildman–Crippen MR) is 252 cm³/mol. The molecule has 23 nitrogen and oxygen atoms in total. The number of urea groups is 1. The van der Waals surface area contributed by atoms with E-state index in [0.717, 1.165) is 25.0 Å². The second kappa shape index (κ2) is 23.4. The van der Waals surface area contributed by atoms with Gasteiger partial charge in [-0.1, -0.05) is 82.2 Å². The number of hydrogen-bond acceptors (Lipinski definition) is 19. The van der Waals surface area contributed by atoms with Crippen molar-refractivity contribution in [2.24, 2.45) is 0 Å². The van der Waals surface area contributed by atoms with Gasteiger partial charge in [0.15, 0.2) is 5.65 Å². The number of hydrogen-bond donors (Lipinski definition) is 9. The summed E-state index contributed by atoms with van der Waals surface area (Å²) in [7, 11) is -10.9. The van der Waals surface area contributed by atoms with E-state index in [1.165, 1.54) is 43.1 Å². The Bertz CT molecular complexity index is 2270. The van der Waals surface area contributed by atoms with E-state index in [0.29, 0.717) is 18.2 Å². The van der Waals surface area contributed by atoms with Gasteiger partial charge in [-0.05, 0) is 26.7 Å². The number of nitrogen functional groups attached to an aromatic ring is 1. The summed E-state index contributed by atoms with van der Waals surface area (Å²) in [5, 5.41) is 9.42. The van der Waals surface area contributed by atoms with Crippen LogP contribution >= 0.6 is 78.4 Å². The quantitative estimate of drug-likeness (QED) is 0.0170. The van der Waals surface area contributed by atoms with Gasteiger partial charge in [0.2, 0.25) is 11.9 Å². The Kier molecular flexibility index (Phi) is 19.7. The minimum Gasteiger partial charge on any atom is -0.369 e. The maximum absolute atomic E-state index is 13.2. The van der Waals surface area contributed by atoms with Gasteiger partial charge in [0, 0.05) is 46.1 Å². The SMILES string of the molecule is CC(C)(C)SSCO[C@@H]1C[C@H](n2cc(C#CCOCSSC(C)(C)CNC(=O)CCCCC3SCC4NC(=O)NC43)c3c(=O)[nH]c(N)nc32)O[C@@H]1COP(=O)(O)OP(=O)(O)OP(=O)(O)O. The fraction of sp³-hybridized carbons (Fsp3) is 0.706. The summed E-state index contributed by atoms with van der Waals surface area (Å²) >= 11 is 1.86. The third kappa shape index (κ3) is 17.8. The summed E-state index contributed by atoms with van der Waals surface area (Å²) in [6.07, 6.45) is 1.74. The Morgan fingerprint density at radius 2 is 1.80 bits per heavy atom. The van der Waals surface area contributed by atoms with Crippen molar-refractivity contribution in [3.05, 3.63) is 22.1 Å². The van der Waals surface area contributed by atoms with Gasteiger partial charge in [0.1, 0.15) is 30.8 Å². The van der Waals surface area contributed by atoms with Gasteiger partial charge < -0.3 is 60.0 Å². The molecule has 2 aromatic heterocycles. The van der Waals surface area contributed by atoms with Crippen LogP contribution in [0.5, 0.6) is 0 Å². The first-order chi connectivity index (χ1) is 30.3. The van der Waals surface area contributed by atoms with Crippen molar-refractivity contribution in [2.75, 3.05) is 43.1 Å². The number of nitrogens with one attached hydrogen (secondary N) is 4. The molecule has 0 radical (unpaired) electrons. The third-order valence-electron chi connectivity index (χ3n) is 9.25. The summed E-state index contributed by atoms with van der Waals surface area (Å²) in [4.78, 5) is 81.5. The average Bonchev–Trinajstić information content (AvgIpc) is 3.94. The second-order valence-electron chi connectivity index (χ2n) is 16.4. The van der Waals surface area contributed by atoms with Crippen LogP contribution in [0.2, 0.25) is 0 Å². The molecule has 10 N–H and O–H groups in total. The highest BCUT2D eigenvalue weighted by atomic mass is 33.1. The molecule has 3 amide bonds. The zero-order valence-corrected chi connectivity index (χ0v) is 42.6. The van der Waals surface area contributed by atoms with Gasteiger partial charge >= 0.3 is 29.5 Å². The van der Waals surface area contributed by atoms with Crippen LogP contribution < -0.4 is 27.2 Å². The molecular weight excluding hydrogens is 1020 g/mol. The first-order valence-electron chi connectivity index (χ1n) is 19.9. The highest BCUT2D eigenvalue weighted by molar-refractivity contribution is 8.77. The van der Waals surface area contributed by atoms with Crippen LogP contribution in [-0.4, -0.2) is 122 Å². The molecule has 3 saturated heterocycles. The predicted octanol–water partition coefficient (Wildman–Crippen LogP) is 4.79. The van der Waals surface area contributed by atoms with E-state index in [-0.39, 0.29) is 81.0 Å². The fourth-order valence-electron chi connectivity index (χ4n) is 6.62. The van der Waals surface area contributed by atoms with E-state index in [1.807, 2.05) is 46.4 Å². The van der Waals surface area contributed by atoms with Crippen LogP contribution in [0.15, 0.2) is 11.0 Å². The largest absolute Gasteiger partial charge is 0.490 e. The maximum Gasteiger partial charge on any atom is 0.490 e. The Morgan fingerprint density at radius 1 is 1.06 bits per heavy atom. The molecule has 2 aromatic rings. The lowest BCUT2D eigenvalue weighted by Gasteiger charge is -2.23. The van der Waals surface area contributed by atoms with Crippen molar-refractivity contribution in [2.45, 2.75) is 112 Å². The van der Waals surface area contributed by atoms with Crippen LogP contribution in [-0.2, 0) is 45.8 Å². The van der Waals surface area contributed by atoms with Gasteiger partial charge in [-0.15, -0.1) is 0 Å². The summed E-state index contributed by atoms with van der Waals surface area (Å²) < 4.78 is 67.0. The number of amides is 3. The monoisotopic (exact) mass is 1070 g/mol. The summed E-state index contributed by atoms with van der Waals surface area (Å²) in [6, 6.07) is 0.241. The Labute approximate surface area is 395 Å². The van der Waals surface area contributed by atoms with Crippen molar-refractivity contribution < 1.29 is 70.2 Å². The lowest BCUT2D eigenvalue weighted by molar-refractivity contribution is -0.121. The summed E-state index contributed by atoms with van der Waals surface area (Å²) in [5.41, 5.74) is 5.69. The number of carbonyl (C=O) groups excluding carboxylic acids is 2. The van der Waals surface area contributed by atoms with E-state index in [2.05, 4.69) is 46.4 Å². The van der Waals surface area contributed by atoms with Gasteiger partial charge in [0.25, 0.3) is 5.56 Å². The number of fused-ring (bicyclic) bond motifs is 2. The smallest absolute Gasteiger partial charge is 0.369 e. The number of ether oxygens (including phenoxy) is 3. The number of phosphoric ester groups is 1. The third-order valence-corrected chi connectivity index (χ3v) is 20.5. The molecule has 3 aliphatic rings. The molecule has 0 aliphatic carbocycles. The normalized spacial score (nSPS) is 24.2. The van der Waals surface area contributed by atoms with E-state index in [9.17, 15) is 37.9 Å². The van der Waals surface area contributed by atoms with Crippen molar-refractivity contribution >= 4 is 107 Å². The van der Waals surface area contributed by atoms with Crippen LogP contribution in [0, 0.1) is 11.8 Å². The molecule has 65 heavy (non-hydrogen) atoms. The number of aromatic amines is 1. The highest BCUT2D eigenvalue weighted by Crippen LogP contribution is 2.66. The fourth-order valence-corrected chi connectivity index (χ4v) is 15.3. The van der Waals surface area contributed by atoms with Crippen molar-refractivity contribution in [3.8, 4) is 11.8 Å². The molecule has 0 spiro atoms. The molecule has 0 aromatic carbocycles. The number of unbranched alkanes of at least 4 members (excludes halogenated alkanes) is 1. The van der Waals surface area contributed by atoms with Crippen LogP contribution in [0.4, 0.5) is 10.7 Å². The molecule has 5 rings (SSSR count). The van der Waals surface area contributed by atoms with E-state index < -0.39 is 54.1 Å². The Balaban J connectivity index is 1.13. The minimum absolute atomic E-state index is 0.00408. The topological polar surface area (TPSA) is 334 Å². The second-order valence-corrected chi connectivity index (χ2v) is 28.1. The highest BCUT2D eigenvalue weighted by Gasteiger charge is 2.45. The van der Waals surface area contributed by atoms with E-state index in [1.54, 1.807) is 10.8 Å². The number of nitrogens with two attached hydrogens (primary N) is 1. The van der Waals surface area contributed by atoms with Gasteiger partial charge in [-0.3, -0.25) is 19.1 Å². The molecule has 31 heteroatoms. The molecule has 5 heterocycles. The van der Waals surface area contributed by atoms with Crippen molar-refractivity contribution in [1.29, 1.82) is 0 Å². The average molecular weight is 1070 g/mol. The van der Waals surface area contributed by atoms with Crippen LogP contribution in [0.25, 0.3) is 11.0 Å². The molecule has 3 fully saturated rings. The lowest BCUT2D eigenvalue weighted by atomic mass is 10.0. The van der Waals surface area contributed by atoms with E-state index >= 15 is 0 Å². The number of nitrogens with zero attached hydrogens (tertiary/aromatic N) is 2. The zero-order valence-electron chi connectivity index (χ0n) is 35.9. The standard InChI is InChI=1S/C34H54N7O16P3S5/c1-33(2,3)64-63-19-53-22-13-26(55-23(22)15-54-59(48,49)57-60(50,51)56-58(45,46)47)41-14-20(27-29(41)39-31(35)40-30(27)43)9-8-12-52-18-62-65-34(4,5)17-36-25(42)11-7-6-10-24-28-21(16-61-24)37-32(44)38-28/h14,21-24,26,28H,6-7,10-13,15-19H2,1-5H3,(H,36,42)(H,48,49)(H,50,51)(H2,37,38,44)(H2,45,46,47)(H3,35,39,40,43)/t21?,22-,23-,24?,26-,28?/m1/s1.